The minimum Gasteiger partial charge on any atom is -0.346 e. The normalized spacial score (nSPS) is 12.3. The maximum atomic E-state index is 12.3. The van der Waals surface area contributed by atoms with Gasteiger partial charge in [0.25, 0.3) is 0 Å². The van der Waals surface area contributed by atoms with Crippen molar-refractivity contribution in [3.63, 3.8) is 0 Å². The molecule has 1 N–H and O–H groups in total. The second-order valence-electron chi connectivity index (χ2n) is 5.80. The van der Waals surface area contributed by atoms with Gasteiger partial charge in [0.15, 0.2) is 0 Å². The maximum absolute atomic E-state index is 12.3. The van der Waals surface area contributed by atoms with Gasteiger partial charge in [-0.1, -0.05) is 35.9 Å². The van der Waals surface area contributed by atoms with Gasteiger partial charge in [-0.2, -0.15) is 0 Å². The van der Waals surface area contributed by atoms with E-state index in [1.54, 1.807) is 12.1 Å². The van der Waals surface area contributed by atoms with Gasteiger partial charge in [-0.3, -0.25) is 4.79 Å². The molecule has 2 aromatic carbocycles. The third-order valence-electron chi connectivity index (χ3n) is 4.04. The van der Waals surface area contributed by atoms with Crippen molar-refractivity contribution in [3.05, 3.63) is 64.9 Å². The van der Waals surface area contributed by atoms with Gasteiger partial charge in [-0.15, -0.1) is 0 Å². The summed E-state index contributed by atoms with van der Waals surface area (Å²) in [5.74, 6) is 0.850. The number of aromatic nitrogens is 2. The lowest BCUT2D eigenvalue weighted by atomic mass is 10.1. The summed E-state index contributed by atoms with van der Waals surface area (Å²) < 4.78 is 2.14. The van der Waals surface area contributed by atoms with Crippen LogP contribution in [0, 0.1) is 0 Å². The second kappa shape index (κ2) is 7.05. The molecule has 0 spiro atoms. The van der Waals surface area contributed by atoms with Crippen LogP contribution in [-0.4, -0.2) is 15.5 Å². The molecule has 1 amide bonds. The number of nitrogens with zero attached hydrogens (tertiary/aromatic N) is 2. The smallest absolute Gasteiger partial charge is 0.224 e. The number of para-hydroxylation sites is 2. The number of aryl methyl sites for hydroxylation is 1. The van der Waals surface area contributed by atoms with Crippen molar-refractivity contribution in [2.75, 3.05) is 0 Å². The molecule has 1 aromatic heterocycles. The molecule has 124 valence electrons. The Morgan fingerprint density at radius 3 is 2.62 bits per heavy atom. The molecule has 5 heteroatoms. The number of carbonyl (C=O) groups is 1. The molecule has 1 atom stereocenters. The molecule has 0 aliphatic rings. The molecule has 1 unspecified atom stereocenters. The lowest BCUT2D eigenvalue weighted by Gasteiger charge is -2.15. The molecular formula is C19H20ClN3O. The molecule has 0 aliphatic carbocycles. The number of fused-ring (bicyclic) bond motifs is 1. The van der Waals surface area contributed by atoms with Crippen LogP contribution in [0.25, 0.3) is 11.0 Å². The van der Waals surface area contributed by atoms with E-state index in [1.807, 2.05) is 37.3 Å². The van der Waals surface area contributed by atoms with Gasteiger partial charge in [-0.25, -0.2) is 4.98 Å². The number of hydrogen-bond donors (Lipinski definition) is 1. The highest BCUT2D eigenvalue weighted by Gasteiger charge is 2.17. The van der Waals surface area contributed by atoms with E-state index in [-0.39, 0.29) is 11.9 Å². The number of amides is 1. The lowest BCUT2D eigenvalue weighted by molar-refractivity contribution is -0.121. The van der Waals surface area contributed by atoms with Crippen molar-refractivity contribution < 1.29 is 4.79 Å². The molecule has 3 aromatic rings. The molecule has 3 rings (SSSR count). The molecule has 0 fully saturated rings. The Morgan fingerprint density at radius 1 is 1.21 bits per heavy atom. The first-order chi connectivity index (χ1) is 11.6. The van der Waals surface area contributed by atoms with Crippen molar-refractivity contribution in [2.45, 2.75) is 32.9 Å². The number of benzene rings is 2. The summed E-state index contributed by atoms with van der Waals surface area (Å²) in [6, 6.07) is 15.2. The van der Waals surface area contributed by atoms with E-state index in [4.69, 9.17) is 11.6 Å². The average Bonchev–Trinajstić information content (AvgIpc) is 2.95. The van der Waals surface area contributed by atoms with Crippen molar-refractivity contribution in [3.8, 4) is 0 Å². The van der Waals surface area contributed by atoms with Gasteiger partial charge in [0, 0.05) is 11.6 Å². The summed E-state index contributed by atoms with van der Waals surface area (Å²) in [5.41, 5.74) is 2.98. The fraction of sp³-hybridized carbons (Fsp3) is 0.263. The number of halogens is 1. The maximum Gasteiger partial charge on any atom is 0.224 e. The zero-order valence-electron chi connectivity index (χ0n) is 13.8. The molecule has 0 radical (unpaired) electrons. The molecule has 1 heterocycles. The highest BCUT2D eigenvalue weighted by Crippen LogP contribution is 2.20. The van der Waals surface area contributed by atoms with E-state index in [2.05, 4.69) is 27.9 Å². The van der Waals surface area contributed by atoms with E-state index < -0.39 is 0 Å². The van der Waals surface area contributed by atoms with Gasteiger partial charge in [0.05, 0.1) is 23.5 Å². The Bertz CT molecular complexity index is 855. The fourth-order valence-electron chi connectivity index (χ4n) is 2.90. The van der Waals surface area contributed by atoms with Gasteiger partial charge < -0.3 is 9.88 Å². The molecule has 0 bridgehead atoms. The van der Waals surface area contributed by atoms with Crippen molar-refractivity contribution in [1.29, 1.82) is 0 Å². The molecule has 24 heavy (non-hydrogen) atoms. The third kappa shape index (κ3) is 3.44. The van der Waals surface area contributed by atoms with Crippen molar-refractivity contribution >= 4 is 28.5 Å². The minimum atomic E-state index is -0.155. The number of carbonyl (C=O) groups excluding carboxylic acids is 1. The van der Waals surface area contributed by atoms with E-state index in [0.717, 1.165) is 29.0 Å². The van der Waals surface area contributed by atoms with Gasteiger partial charge in [0.1, 0.15) is 5.82 Å². The van der Waals surface area contributed by atoms with Crippen LogP contribution < -0.4 is 5.32 Å². The van der Waals surface area contributed by atoms with Crippen LogP contribution in [0.1, 0.15) is 31.3 Å². The molecule has 0 aliphatic heterocycles. The van der Waals surface area contributed by atoms with Crippen LogP contribution in [0.3, 0.4) is 0 Å². The van der Waals surface area contributed by atoms with E-state index in [0.29, 0.717) is 11.4 Å². The Hall–Kier alpha value is -2.33. The first-order valence-corrected chi connectivity index (χ1v) is 8.45. The monoisotopic (exact) mass is 341 g/mol. The predicted octanol–water partition coefficient (Wildman–Crippen LogP) is 4.13. The minimum absolute atomic E-state index is 0.0282. The van der Waals surface area contributed by atoms with Crippen LogP contribution in [0.2, 0.25) is 5.02 Å². The Morgan fingerprint density at radius 2 is 1.92 bits per heavy atom. The number of nitrogens with one attached hydrogen (secondary N) is 1. The van der Waals surface area contributed by atoms with Crippen LogP contribution in [0.5, 0.6) is 0 Å². The third-order valence-corrected chi connectivity index (χ3v) is 4.30. The standard InChI is InChI=1S/C19H20ClN3O/c1-3-23-17-7-5-4-6-16(17)22-19(23)13(2)21-18(24)12-14-8-10-15(20)11-9-14/h4-11,13H,3,12H2,1-2H3,(H,21,24). The van der Waals surface area contributed by atoms with Crippen molar-refractivity contribution in [1.82, 2.24) is 14.9 Å². The summed E-state index contributed by atoms with van der Waals surface area (Å²) in [4.78, 5) is 17.0. The van der Waals surface area contributed by atoms with Crippen LogP contribution >= 0.6 is 11.6 Å². The highest BCUT2D eigenvalue weighted by molar-refractivity contribution is 6.30. The van der Waals surface area contributed by atoms with Crippen LogP contribution in [0.4, 0.5) is 0 Å². The van der Waals surface area contributed by atoms with Gasteiger partial charge in [0.2, 0.25) is 5.91 Å². The first-order valence-electron chi connectivity index (χ1n) is 8.07. The lowest BCUT2D eigenvalue weighted by Crippen LogP contribution is -2.29. The zero-order chi connectivity index (χ0) is 17.1. The quantitative estimate of drug-likeness (QED) is 0.758. The molecular weight excluding hydrogens is 322 g/mol. The Kier molecular flexibility index (Phi) is 4.86. The summed E-state index contributed by atoms with van der Waals surface area (Å²) >= 11 is 5.87. The first kappa shape index (κ1) is 16.5. The summed E-state index contributed by atoms with van der Waals surface area (Å²) in [6.45, 7) is 4.86. The van der Waals surface area contributed by atoms with Gasteiger partial charge >= 0.3 is 0 Å². The highest BCUT2D eigenvalue weighted by atomic mass is 35.5. The second-order valence-corrected chi connectivity index (χ2v) is 6.23. The van der Waals surface area contributed by atoms with E-state index in [1.165, 1.54) is 0 Å². The topological polar surface area (TPSA) is 46.9 Å². The van der Waals surface area contributed by atoms with E-state index in [9.17, 15) is 4.79 Å². The van der Waals surface area contributed by atoms with Crippen molar-refractivity contribution in [2.24, 2.45) is 0 Å². The number of rotatable bonds is 5. The summed E-state index contributed by atoms with van der Waals surface area (Å²) in [6.07, 6.45) is 0.327. The number of imidazole rings is 1. The van der Waals surface area contributed by atoms with Crippen LogP contribution in [-0.2, 0) is 17.8 Å². The Labute approximate surface area is 146 Å². The molecule has 4 nitrogen and oxygen atoms in total. The largest absolute Gasteiger partial charge is 0.346 e. The summed E-state index contributed by atoms with van der Waals surface area (Å²) in [5, 5.41) is 3.71. The zero-order valence-corrected chi connectivity index (χ0v) is 14.5. The number of hydrogen-bond acceptors (Lipinski definition) is 2. The fourth-order valence-corrected chi connectivity index (χ4v) is 3.03. The molecule has 0 saturated heterocycles. The Balaban J connectivity index is 1.75. The molecule has 0 saturated carbocycles. The predicted molar refractivity (Wildman–Crippen MR) is 97.1 cm³/mol. The van der Waals surface area contributed by atoms with E-state index >= 15 is 0 Å². The van der Waals surface area contributed by atoms with Gasteiger partial charge in [-0.05, 0) is 43.7 Å². The SMILES string of the molecule is CCn1c(C(C)NC(=O)Cc2ccc(Cl)cc2)nc2ccccc21. The summed E-state index contributed by atoms with van der Waals surface area (Å²) in [7, 11) is 0. The van der Waals surface area contributed by atoms with Crippen LogP contribution in [0.15, 0.2) is 48.5 Å². The average molecular weight is 342 g/mol.